The maximum absolute atomic E-state index is 4.75. The molecule has 0 radical (unpaired) electrons. The van der Waals surface area contributed by atoms with Gasteiger partial charge in [0.15, 0.2) is 0 Å². The first-order chi connectivity index (χ1) is 8.92. The summed E-state index contributed by atoms with van der Waals surface area (Å²) in [7, 11) is 0. The second kappa shape index (κ2) is 4.05. The third kappa shape index (κ3) is 1.90. The predicted molar refractivity (Wildman–Crippen MR) is 70.5 cm³/mol. The summed E-state index contributed by atoms with van der Waals surface area (Å²) in [4.78, 5) is 8.93. The van der Waals surface area contributed by atoms with Gasteiger partial charge in [-0.25, -0.2) is 4.98 Å². The third-order valence-corrected chi connectivity index (χ3v) is 3.84. The molecule has 0 spiro atoms. The van der Waals surface area contributed by atoms with Crippen molar-refractivity contribution in [2.24, 2.45) is 0 Å². The molecule has 0 amide bonds. The minimum atomic E-state index is 0.688. The van der Waals surface area contributed by atoms with E-state index in [0.717, 1.165) is 24.5 Å². The van der Waals surface area contributed by atoms with Gasteiger partial charge < -0.3 is 9.88 Å². The van der Waals surface area contributed by atoms with E-state index in [1.807, 2.05) is 12.4 Å². The maximum Gasteiger partial charge on any atom is 0.111 e. The van der Waals surface area contributed by atoms with Crippen LogP contribution in [0.2, 0.25) is 0 Å². The predicted octanol–water partition coefficient (Wildman–Crippen LogP) is 2.06. The molecule has 4 heteroatoms. The van der Waals surface area contributed by atoms with Crippen molar-refractivity contribution in [1.82, 2.24) is 19.9 Å². The van der Waals surface area contributed by atoms with Gasteiger partial charge in [-0.15, -0.1) is 0 Å². The van der Waals surface area contributed by atoms with Gasteiger partial charge in [0.25, 0.3) is 0 Å². The first-order valence-corrected chi connectivity index (χ1v) is 6.96. The van der Waals surface area contributed by atoms with Crippen molar-refractivity contribution in [2.45, 2.75) is 44.2 Å². The van der Waals surface area contributed by atoms with Crippen molar-refractivity contribution in [3.05, 3.63) is 24.3 Å². The summed E-state index contributed by atoms with van der Waals surface area (Å²) in [6.07, 6.45) is 10.1. The highest BCUT2D eigenvalue weighted by Crippen LogP contribution is 2.38. The Kier molecular flexibility index (Phi) is 2.36. The molecule has 2 fully saturated rings. The summed E-state index contributed by atoms with van der Waals surface area (Å²) in [6.45, 7) is 1.05. The van der Waals surface area contributed by atoms with Crippen molar-refractivity contribution >= 4 is 11.0 Å². The van der Waals surface area contributed by atoms with Gasteiger partial charge in [0.2, 0.25) is 0 Å². The van der Waals surface area contributed by atoms with Gasteiger partial charge in [-0.05, 0) is 31.7 Å². The number of hydrogen-bond donors (Lipinski definition) is 1. The fraction of sp³-hybridized carbons (Fsp3) is 0.571. The van der Waals surface area contributed by atoms with E-state index in [2.05, 4.69) is 20.9 Å². The standard InChI is InChI=1S/C14H18N4/c1-2-10(1)16-8-6-14-17-12-9-15-7-5-13(12)18(14)11-3-4-11/h5,7,9-11,16H,1-4,6,8H2. The molecule has 0 unspecified atom stereocenters. The van der Waals surface area contributed by atoms with Gasteiger partial charge in [0, 0.05) is 31.2 Å². The van der Waals surface area contributed by atoms with Crippen LogP contribution in [0.4, 0.5) is 0 Å². The van der Waals surface area contributed by atoms with E-state index in [-0.39, 0.29) is 0 Å². The van der Waals surface area contributed by atoms with Crippen molar-refractivity contribution in [3.63, 3.8) is 0 Å². The Hall–Kier alpha value is -1.42. The monoisotopic (exact) mass is 242 g/mol. The van der Waals surface area contributed by atoms with Crippen LogP contribution in [0.25, 0.3) is 11.0 Å². The first kappa shape index (κ1) is 10.5. The maximum atomic E-state index is 4.75. The minimum Gasteiger partial charge on any atom is -0.325 e. The Balaban J connectivity index is 1.62. The van der Waals surface area contributed by atoms with E-state index < -0.39 is 0 Å². The summed E-state index contributed by atoms with van der Waals surface area (Å²) in [5.41, 5.74) is 2.31. The normalized spacial score (nSPS) is 19.6. The Morgan fingerprint density at radius 3 is 2.94 bits per heavy atom. The Bertz CT molecular complexity index is 566. The molecule has 0 aliphatic heterocycles. The van der Waals surface area contributed by atoms with E-state index >= 15 is 0 Å². The Morgan fingerprint density at radius 1 is 1.28 bits per heavy atom. The second-order valence-corrected chi connectivity index (χ2v) is 5.47. The van der Waals surface area contributed by atoms with Crippen molar-refractivity contribution in [3.8, 4) is 0 Å². The molecule has 0 aromatic carbocycles. The molecule has 0 atom stereocenters. The Morgan fingerprint density at radius 2 is 2.17 bits per heavy atom. The van der Waals surface area contributed by atoms with Gasteiger partial charge in [-0.1, -0.05) is 0 Å². The van der Waals surface area contributed by atoms with Gasteiger partial charge in [-0.2, -0.15) is 0 Å². The molecule has 4 nitrogen and oxygen atoms in total. The van der Waals surface area contributed by atoms with Crippen LogP contribution < -0.4 is 5.32 Å². The minimum absolute atomic E-state index is 0.688. The molecule has 4 rings (SSSR count). The molecular weight excluding hydrogens is 224 g/mol. The topological polar surface area (TPSA) is 42.7 Å². The molecule has 2 aromatic rings. The van der Waals surface area contributed by atoms with E-state index in [1.54, 1.807) is 0 Å². The molecule has 18 heavy (non-hydrogen) atoms. The lowest BCUT2D eigenvalue weighted by Crippen LogP contribution is -2.20. The Labute approximate surface area is 106 Å². The van der Waals surface area contributed by atoms with E-state index in [0.29, 0.717) is 6.04 Å². The van der Waals surface area contributed by atoms with E-state index in [9.17, 15) is 0 Å². The molecule has 2 aromatic heterocycles. The van der Waals surface area contributed by atoms with Crippen LogP contribution in [0.5, 0.6) is 0 Å². The number of nitrogens with zero attached hydrogens (tertiary/aromatic N) is 3. The summed E-state index contributed by atoms with van der Waals surface area (Å²) in [6, 6.07) is 3.57. The third-order valence-electron chi connectivity index (χ3n) is 3.84. The van der Waals surface area contributed by atoms with Gasteiger partial charge in [-0.3, -0.25) is 4.98 Å². The first-order valence-electron chi connectivity index (χ1n) is 6.96. The van der Waals surface area contributed by atoms with Crippen molar-refractivity contribution in [2.75, 3.05) is 6.54 Å². The van der Waals surface area contributed by atoms with E-state index in [1.165, 1.54) is 37.0 Å². The van der Waals surface area contributed by atoms with Crippen LogP contribution in [0.1, 0.15) is 37.5 Å². The van der Waals surface area contributed by atoms with Crippen LogP contribution in [0.15, 0.2) is 18.5 Å². The zero-order valence-electron chi connectivity index (χ0n) is 10.5. The number of hydrogen-bond acceptors (Lipinski definition) is 3. The van der Waals surface area contributed by atoms with E-state index in [4.69, 9.17) is 4.98 Å². The number of aromatic nitrogens is 3. The highest BCUT2D eigenvalue weighted by molar-refractivity contribution is 5.75. The molecule has 1 N–H and O–H groups in total. The molecular formula is C14H18N4. The van der Waals surface area contributed by atoms with Gasteiger partial charge in [0.1, 0.15) is 11.3 Å². The highest BCUT2D eigenvalue weighted by atomic mass is 15.1. The lowest BCUT2D eigenvalue weighted by molar-refractivity contribution is 0.631. The lowest BCUT2D eigenvalue weighted by Gasteiger charge is -2.07. The average molecular weight is 242 g/mol. The molecule has 94 valence electrons. The SMILES string of the molecule is c1cc2c(cn1)nc(CCNC1CC1)n2C1CC1. The van der Waals surface area contributed by atoms with Gasteiger partial charge >= 0.3 is 0 Å². The van der Waals surface area contributed by atoms with Gasteiger partial charge in [0.05, 0.1) is 11.7 Å². The summed E-state index contributed by atoms with van der Waals surface area (Å²) < 4.78 is 2.44. The number of imidazole rings is 1. The van der Waals surface area contributed by atoms with Crippen LogP contribution in [-0.2, 0) is 6.42 Å². The zero-order chi connectivity index (χ0) is 11.9. The number of nitrogens with one attached hydrogen (secondary N) is 1. The molecule has 2 aliphatic carbocycles. The lowest BCUT2D eigenvalue weighted by atomic mass is 10.3. The van der Waals surface area contributed by atoms with Crippen molar-refractivity contribution in [1.29, 1.82) is 0 Å². The molecule has 2 aliphatic rings. The second-order valence-electron chi connectivity index (χ2n) is 5.47. The van der Waals surface area contributed by atoms with Crippen molar-refractivity contribution < 1.29 is 0 Å². The molecule has 0 bridgehead atoms. The average Bonchev–Trinajstić information content (AvgIpc) is 3.28. The van der Waals surface area contributed by atoms with Crippen LogP contribution in [-0.4, -0.2) is 27.1 Å². The summed E-state index contributed by atoms with van der Waals surface area (Å²) >= 11 is 0. The molecule has 0 saturated heterocycles. The molecule has 2 saturated carbocycles. The number of rotatable bonds is 5. The summed E-state index contributed by atoms with van der Waals surface area (Å²) in [5, 5.41) is 3.57. The number of pyridine rings is 1. The zero-order valence-corrected chi connectivity index (χ0v) is 10.5. The highest BCUT2D eigenvalue weighted by Gasteiger charge is 2.28. The van der Waals surface area contributed by atoms with Crippen LogP contribution in [0, 0.1) is 0 Å². The molecule has 2 heterocycles. The fourth-order valence-electron chi connectivity index (χ4n) is 2.59. The number of fused-ring (bicyclic) bond motifs is 1. The summed E-state index contributed by atoms with van der Waals surface area (Å²) in [5.74, 6) is 1.23. The largest absolute Gasteiger partial charge is 0.325 e. The van der Waals surface area contributed by atoms with Crippen LogP contribution >= 0.6 is 0 Å². The fourth-order valence-corrected chi connectivity index (χ4v) is 2.59. The quantitative estimate of drug-likeness (QED) is 0.872. The van der Waals surface area contributed by atoms with Crippen LogP contribution in [0.3, 0.4) is 0 Å². The smallest absolute Gasteiger partial charge is 0.111 e.